The third-order valence-corrected chi connectivity index (χ3v) is 4.37. The van der Waals surface area contributed by atoms with E-state index in [9.17, 15) is 4.79 Å². The van der Waals surface area contributed by atoms with Crippen LogP contribution in [0.5, 0.6) is 0 Å². The maximum atomic E-state index is 12.5. The first-order chi connectivity index (χ1) is 11.6. The molecule has 24 heavy (non-hydrogen) atoms. The highest BCUT2D eigenvalue weighted by atomic mass is 32.1. The van der Waals surface area contributed by atoms with E-state index in [0.717, 1.165) is 0 Å². The maximum absolute atomic E-state index is 12.5. The first-order valence-corrected chi connectivity index (χ1v) is 8.37. The molecule has 0 radical (unpaired) electrons. The topological polar surface area (TPSA) is 75.9 Å². The van der Waals surface area contributed by atoms with Gasteiger partial charge in [0.05, 0.1) is 6.04 Å². The van der Waals surface area contributed by atoms with E-state index in [-0.39, 0.29) is 11.9 Å². The molecule has 0 aliphatic rings. The number of nitrogens with one attached hydrogen (secondary N) is 1. The summed E-state index contributed by atoms with van der Waals surface area (Å²) in [5.41, 5.74) is 1.74. The molecular weight excluding hydrogens is 324 g/mol. The average Bonchev–Trinajstić information content (AvgIpc) is 3.28. The fraction of sp³-hybridized carbons (Fsp3) is 0.250. The fourth-order valence-electron chi connectivity index (χ4n) is 2.37. The Kier molecular flexibility index (Phi) is 4.97. The van der Waals surface area contributed by atoms with Gasteiger partial charge < -0.3 is 10.2 Å². The number of aromatic nitrogens is 4. The number of hydrogen-bond donors (Lipinski definition) is 1. The van der Waals surface area contributed by atoms with Crippen molar-refractivity contribution in [1.29, 1.82) is 0 Å². The lowest BCUT2D eigenvalue weighted by Crippen LogP contribution is -2.34. The number of rotatable bonds is 6. The molecule has 8 heteroatoms. The highest BCUT2D eigenvalue weighted by Crippen LogP contribution is 2.20. The van der Waals surface area contributed by atoms with Crippen molar-refractivity contribution in [1.82, 2.24) is 30.0 Å². The van der Waals surface area contributed by atoms with E-state index >= 15 is 0 Å². The number of carbonyl (C=O) groups excluding carboxylic acids is 1. The Labute approximate surface area is 144 Å². The molecule has 0 fully saturated rings. The quantitative estimate of drug-likeness (QED) is 0.739. The number of hydrogen-bond acceptors (Lipinski definition) is 6. The SMILES string of the molecule is CN(C)C(CNC(=O)c1ccnc(-n2cncn2)c1)c1ccsc1. The molecule has 0 aromatic carbocycles. The largest absolute Gasteiger partial charge is 0.350 e. The van der Waals surface area contributed by atoms with Gasteiger partial charge in [0, 0.05) is 18.3 Å². The zero-order chi connectivity index (χ0) is 16.9. The lowest BCUT2D eigenvalue weighted by Gasteiger charge is -2.24. The highest BCUT2D eigenvalue weighted by Gasteiger charge is 2.16. The normalized spacial score (nSPS) is 12.3. The van der Waals surface area contributed by atoms with Crippen LogP contribution in [0.25, 0.3) is 5.82 Å². The molecule has 0 saturated heterocycles. The summed E-state index contributed by atoms with van der Waals surface area (Å²) in [4.78, 5) is 22.6. The van der Waals surface area contributed by atoms with E-state index in [2.05, 4.69) is 36.7 Å². The van der Waals surface area contributed by atoms with Gasteiger partial charge in [-0.15, -0.1) is 0 Å². The zero-order valence-electron chi connectivity index (χ0n) is 13.5. The van der Waals surface area contributed by atoms with Crippen molar-refractivity contribution in [2.75, 3.05) is 20.6 Å². The van der Waals surface area contributed by atoms with Crippen LogP contribution in [0.1, 0.15) is 22.0 Å². The summed E-state index contributed by atoms with van der Waals surface area (Å²) >= 11 is 1.65. The second-order valence-electron chi connectivity index (χ2n) is 5.49. The third-order valence-electron chi connectivity index (χ3n) is 3.67. The Morgan fingerprint density at radius 1 is 1.42 bits per heavy atom. The molecule has 0 spiro atoms. The van der Waals surface area contributed by atoms with Crippen LogP contribution in [0.4, 0.5) is 0 Å². The van der Waals surface area contributed by atoms with Crippen molar-refractivity contribution in [3.05, 3.63) is 58.9 Å². The number of pyridine rings is 1. The van der Waals surface area contributed by atoms with Crippen molar-refractivity contribution in [2.24, 2.45) is 0 Å². The third kappa shape index (κ3) is 3.66. The molecule has 3 heterocycles. The molecule has 1 N–H and O–H groups in total. The first-order valence-electron chi connectivity index (χ1n) is 7.43. The standard InChI is InChI=1S/C16H18N6OS/c1-21(2)14(13-4-6-24-9-13)8-19-16(23)12-3-5-18-15(7-12)22-11-17-10-20-22/h3-7,9-11,14H,8H2,1-2H3,(H,19,23). The van der Waals surface area contributed by atoms with E-state index in [4.69, 9.17) is 0 Å². The molecular formula is C16H18N6OS. The van der Waals surface area contributed by atoms with E-state index in [1.807, 2.05) is 19.5 Å². The van der Waals surface area contributed by atoms with Crippen LogP contribution in [0, 0.1) is 0 Å². The maximum Gasteiger partial charge on any atom is 0.251 e. The Balaban J connectivity index is 1.70. The van der Waals surface area contributed by atoms with Crippen molar-refractivity contribution < 1.29 is 4.79 Å². The molecule has 3 aromatic rings. The lowest BCUT2D eigenvalue weighted by molar-refractivity contribution is 0.0942. The second-order valence-corrected chi connectivity index (χ2v) is 6.27. The first kappa shape index (κ1) is 16.3. The van der Waals surface area contributed by atoms with Crippen LogP contribution >= 0.6 is 11.3 Å². The molecule has 3 rings (SSSR count). The van der Waals surface area contributed by atoms with E-state index in [1.165, 1.54) is 16.6 Å². The Hall–Kier alpha value is -2.58. The van der Waals surface area contributed by atoms with Gasteiger partial charge in [-0.1, -0.05) is 0 Å². The lowest BCUT2D eigenvalue weighted by atomic mass is 10.1. The monoisotopic (exact) mass is 342 g/mol. The number of likely N-dealkylation sites (N-methyl/N-ethyl adjacent to an activating group) is 1. The number of carbonyl (C=O) groups is 1. The van der Waals surface area contributed by atoms with Gasteiger partial charge in [0.1, 0.15) is 12.7 Å². The van der Waals surface area contributed by atoms with E-state index in [0.29, 0.717) is 17.9 Å². The van der Waals surface area contributed by atoms with Crippen molar-refractivity contribution in [2.45, 2.75) is 6.04 Å². The van der Waals surface area contributed by atoms with E-state index in [1.54, 1.807) is 36.0 Å². The fourth-order valence-corrected chi connectivity index (χ4v) is 3.07. The average molecular weight is 342 g/mol. The van der Waals surface area contributed by atoms with Gasteiger partial charge in [0.25, 0.3) is 5.91 Å². The molecule has 3 aromatic heterocycles. The summed E-state index contributed by atoms with van der Waals surface area (Å²) < 4.78 is 1.52. The van der Waals surface area contributed by atoms with Crippen molar-refractivity contribution in [3.63, 3.8) is 0 Å². The molecule has 0 aliphatic carbocycles. The van der Waals surface area contributed by atoms with Gasteiger partial charge in [-0.3, -0.25) is 4.79 Å². The van der Waals surface area contributed by atoms with Gasteiger partial charge in [0.2, 0.25) is 0 Å². The molecule has 1 unspecified atom stereocenters. The van der Waals surface area contributed by atoms with Crippen LogP contribution in [-0.4, -0.2) is 51.2 Å². The Morgan fingerprint density at radius 3 is 2.96 bits per heavy atom. The predicted molar refractivity (Wildman–Crippen MR) is 92.2 cm³/mol. The van der Waals surface area contributed by atoms with Crippen LogP contribution < -0.4 is 5.32 Å². The molecule has 124 valence electrons. The highest BCUT2D eigenvalue weighted by molar-refractivity contribution is 7.07. The number of thiophene rings is 1. The second kappa shape index (κ2) is 7.33. The molecule has 0 aliphatic heterocycles. The van der Waals surface area contributed by atoms with Gasteiger partial charge >= 0.3 is 0 Å². The summed E-state index contributed by atoms with van der Waals surface area (Å²) in [6, 6.07) is 5.60. The van der Waals surface area contributed by atoms with Crippen LogP contribution in [-0.2, 0) is 0 Å². The minimum Gasteiger partial charge on any atom is -0.350 e. The summed E-state index contributed by atoms with van der Waals surface area (Å²) in [6.07, 6.45) is 4.56. The van der Waals surface area contributed by atoms with Crippen LogP contribution in [0.2, 0.25) is 0 Å². The minimum absolute atomic E-state index is 0.136. The molecule has 1 amide bonds. The number of nitrogens with zero attached hydrogens (tertiary/aromatic N) is 5. The van der Waals surface area contributed by atoms with E-state index < -0.39 is 0 Å². The summed E-state index contributed by atoms with van der Waals surface area (Å²) in [6.45, 7) is 0.531. The molecule has 0 bridgehead atoms. The van der Waals surface area contributed by atoms with Crippen LogP contribution in [0.3, 0.4) is 0 Å². The molecule has 0 saturated carbocycles. The zero-order valence-corrected chi connectivity index (χ0v) is 14.3. The van der Waals surface area contributed by atoms with Gasteiger partial charge in [-0.25, -0.2) is 14.6 Å². The van der Waals surface area contributed by atoms with Gasteiger partial charge in [-0.05, 0) is 48.6 Å². The molecule has 1 atom stereocenters. The van der Waals surface area contributed by atoms with Crippen molar-refractivity contribution >= 4 is 17.2 Å². The predicted octanol–water partition coefficient (Wildman–Crippen LogP) is 1.76. The van der Waals surface area contributed by atoms with Gasteiger partial charge in [0.15, 0.2) is 5.82 Å². The van der Waals surface area contributed by atoms with Gasteiger partial charge in [-0.2, -0.15) is 16.4 Å². The number of amides is 1. The minimum atomic E-state index is -0.138. The van der Waals surface area contributed by atoms with Crippen LogP contribution in [0.15, 0.2) is 47.8 Å². The summed E-state index contributed by atoms with van der Waals surface area (Å²) in [5.74, 6) is 0.419. The summed E-state index contributed by atoms with van der Waals surface area (Å²) in [5, 5.41) is 11.2. The Bertz CT molecular complexity index is 785. The molecule has 7 nitrogen and oxygen atoms in total. The smallest absolute Gasteiger partial charge is 0.251 e. The summed E-state index contributed by atoms with van der Waals surface area (Å²) in [7, 11) is 4.01. The Morgan fingerprint density at radius 2 is 2.29 bits per heavy atom. The van der Waals surface area contributed by atoms with Crippen molar-refractivity contribution in [3.8, 4) is 5.82 Å².